The van der Waals surface area contributed by atoms with E-state index in [1.54, 1.807) is 11.3 Å². The molecule has 0 aliphatic carbocycles. The molecule has 2 rings (SSSR count). The third kappa shape index (κ3) is 3.88. The molecule has 0 aliphatic rings. The number of thiazole rings is 1. The zero-order valence-electron chi connectivity index (χ0n) is 12.5. The van der Waals surface area contributed by atoms with E-state index in [9.17, 15) is 0 Å². The average Bonchev–Trinajstić information content (AvgIpc) is 3.09. The molecule has 2 heterocycles. The van der Waals surface area contributed by atoms with Crippen molar-refractivity contribution in [2.75, 3.05) is 13.7 Å². The number of hydrogen-bond acceptors (Lipinski definition) is 5. The number of hydrogen-bond donors (Lipinski definition) is 0. The summed E-state index contributed by atoms with van der Waals surface area (Å²) in [6, 6.07) is 4.72. The molecule has 0 bridgehead atoms. The lowest BCUT2D eigenvalue weighted by atomic mass is 10.2. The Morgan fingerprint density at radius 1 is 1.35 bits per heavy atom. The molecular weight excluding hydrogens is 288 g/mol. The molecule has 0 aromatic carbocycles. The first-order valence-electron chi connectivity index (χ1n) is 6.91. The summed E-state index contributed by atoms with van der Waals surface area (Å²) >= 11 is 3.50. The fourth-order valence-electron chi connectivity index (χ4n) is 2.04. The summed E-state index contributed by atoms with van der Waals surface area (Å²) in [6.07, 6.45) is 0.0961. The van der Waals surface area contributed by atoms with E-state index < -0.39 is 0 Å². The van der Waals surface area contributed by atoms with Crippen LogP contribution < -0.4 is 0 Å². The van der Waals surface area contributed by atoms with Crippen LogP contribution in [-0.2, 0) is 11.3 Å². The molecule has 0 fully saturated rings. The highest BCUT2D eigenvalue weighted by molar-refractivity contribution is 7.10. The smallest absolute Gasteiger partial charge is 0.122 e. The molecule has 0 N–H and O–H groups in total. The molecular formula is C15H22N2OS2. The molecule has 0 saturated carbocycles. The second-order valence-electron chi connectivity index (χ2n) is 4.88. The highest BCUT2D eigenvalue weighted by Crippen LogP contribution is 2.26. The van der Waals surface area contributed by atoms with E-state index in [1.165, 1.54) is 4.88 Å². The fraction of sp³-hybridized carbons (Fsp3) is 0.533. The van der Waals surface area contributed by atoms with Gasteiger partial charge in [0, 0.05) is 29.5 Å². The fourth-order valence-corrected chi connectivity index (χ4v) is 3.70. The Morgan fingerprint density at radius 2 is 2.15 bits per heavy atom. The van der Waals surface area contributed by atoms with Gasteiger partial charge >= 0.3 is 0 Å². The first-order chi connectivity index (χ1) is 9.61. The van der Waals surface area contributed by atoms with Crippen molar-refractivity contribution >= 4 is 22.7 Å². The van der Waals surface area contributed by atoms with Crippen LogP contribution in [0.5, 0.6) is 0 Å². The lowest BCUT2D eigenvalue weighted by Crippen LogP contribution is -2.21. The number of thiophene rings is 1. The predicted molar refractivity (Wildman–Crippen MR) is 86.4 cm³/mol. The maximum absolute atomic E-state index is 5.59. The zero-order valence-corrected chi connectivity index (χ0v) is 14.1. The lowest BCUT2D eigenvalue weighted by Gasteiger charge is -2.22. The van der Waals surface area contributed by atoms with Gasteiger partial charge in [0.25, 0.3) is 0 Å². The summed E-state index contributed by atoms with van der Waals surface area (Å²) in [5.74, 6) is 0. The first kappa shape index (κ1) is 15.6. The van der Waals surface area contributed by atoms with E-state index in [1.807, 2.05) is 18.3 Å². The van der Waals surface area contributed by atoms with Crippen LogP contribution in [0.4, 0.5) is 0 Å². The Hall–Kier alpha value is -0.750. The monoisotopic (exact) mass is 310 g/mol. The summed E-state index contributed by atoms with van der Waals surface area (Å²) < 4.78 is 5.59. The minimum absolute atomic E-state index is 0.0961. The summed E-state index contributed by atoms with van der Waals surface area (Å²) in [6.45, 7) is 7.91. The molecule has 3 nitrogen and oxygen atoms in total. The van der Waals surface area contributed by atoms with Gasteiger partial charge in [0.15, 0.2) is 0 Å². The van der Waals surface area contributed by atoms with E-state index in [4.69, 9.17) is 4.74 Å². The molecule has 0 aliphatic heterocycles. The van der Waals surface area contributed by atoms with Crippen LogP contribution in [0.25, 0.3) is 0 Å². The van der Waals surface area contributed by atoms with E-state index in [0.29, 0.717) is 6.04 Å². The van der Waals surface area contributed by atoms with Gasteiger partial charge in [-0.25, -0.2) is 4.98 Å². The van der Waals surface area contributed by atoms with Crippen LogP contribution in [0.15, 0.2) is 22.9 Å². The topological polar surface area (TPSA) is 25.4 Å². The lowest BCUT2D eigenvalue weighted by molar-refractivity contribution is 0.0760. The molecule has 20 heavy (non-hydrogen) atoms. The quantitative estimate of drug-likeness (QED) is 0.753. The summed E-state index contributed by atoms with van der Waals surface area (Å²) in [5.41, 5.74) is 1.13. The van der Waals surface area contributed by atoms with Crippen molar-refractivity contribution in [3.05, 3.63) is 38.5 Å². The van der Waals surface area contributed by atoms with Crippen molar-refractivity contribution in [3.63, 3.8) is 0 Å². The molecule has 0 spiro atoms. The van der Waals surface area contributed by atoms with Gasteiger partial charge in [0.2, 0.25) is 0 Å². The van der Waals surface area contributed by atoms with E-state index in [-0.39, 0.29) is 6.10 Å². The van der Waals surface area contributed by atoms with Gasteiger partial charge in [0.05, 0.1) is 5.69 Å². The van der Waals surface area contributed by atoms with Crippen LogP contribution in [0.1, 0.15) is 48.5 Å². The molecule has 5 heteroatoms. The highest BCUT2D eigenvalue weighted by Gasteiger charge is 2.15. The zero-order chi connectivity index (χ0) is 14.5. The Kier molecular flexibility index (Phi) is 5.72. The van der Waals surface area contributed by atoms with E-state index in [2.05, 4.69) is 53.7 Å². The Morgan fingerprint density at radius 3 is 2.80 bits per heavy atom. The van der Waals surface area contributed by atoms with Crippen molar-refractivity contribution in [3.8, 4) is 0 Å². The highest BCUT2D eigenvalue weighted by atomic mass is 32.1. The second-order valence-corrected chi connectivity index (χ2v) is 6.75. The molecule has 0 saturated heterocycles. The van der Waals surface area contributed by atoms with Crippen molar-refractivity contribution < 1.29 is 4.74 Å². The van der Waals surface area contributed by atoms with Gasteiger partial charge in [-0.05, 0) is 39.3 Å². The third-order valence-corrected chi connectivity index (χ3v) is 5.46. The molecule has 110 valence electrons. The molecule has 2 aromatic rings. The van der Waals surface area contributed by atoms with Gasteiger partial charge < -0.3 is 4.74 Å². The van der Waals surface area contributed by atoms with Gasteiger partial charge in [-0.3, -0.25) is 4.90 Å². The minimum atomic E-state index is 0.0961. The maximum atomic E-state index is 5.59. The van der Waals surface area contributed by atoms with Gasteiger partial charge in [-0.1, -0.05) is 6.07 Å². The Bertz CT molecular complexity index is 510. The van der Waals surface area contributed by atoms with Crippen LogP contribution in [0, 0.1) is 0 Å². The Labute approximate surface area is 129 Å². The van der Waals surface area contributed by atoms with Crippen molar-refractivity contribution in [2.45, 2.75) is 39.5 Å². The average molecular weight is 310 g/mol. The van der Waals surface area contributed by atoms with Crippen LogP contribution in [0.3, 0.4) is 0 Å². The van der Waals surface area contributed by atoms with Gasteiger partial charge in [-0.2, -0.15) is 0 Å². The van der Waals surface area contributed by atoms with Crippen molar-refractivity contribution in [1.82, 2.24) is 9.88 Å². The molecule has 0 radical (unpaired) electrons. The maximum Gasteiger partial charge on any atom is 0.122 e. The molecule has 0 amide bonds. The molecule has 2 atom stereocenters. The number of ether oxygens (including phenoxy) is 1. The van der Waals surface area contributed by atoms with Crippen LogP contribution in [-0.4, -0.2) is 23.5 Å². The number of nitrogens with zero attached hydrogens (tertiary/aromatic N) is 2. The standard InChI is InChI=1S/C15H22N2OS2/c1-5-18-12(3)15-16-13(10-20-15)9-17(4)11(2)14-7-6-8-19-14/h6-8,10-12H,5,9H2,1-4H3/t11-,12+/m1/s1. The summed E-state index contributed by atoms with van der Waals surface area (Å²) in [5, 5.41) is 5.34. The van der Waals surface area contributed by atoms with E-state index in [0.717, 1.165) is 23.9 Å². The first-order valence-corrected chi connectivity index (χ1v) is 8.67. The molecule has 0 unspecified atom stereocenters. The van der Waals surface area contributed by atoms with Crippen molar-refractivity contribution in [2.24, 2.45) is 0 Å². The van der Waals surface area contributed by atoms with E-state index >= 15 is 0 Å². The number of rotatable bonds is 7. The van der Waals surface area contributed by atoms with Crippen LogP contribution in [0.2, 0.25) is 0 Å². The normalized spacial score (nSPS) is 14.7. The largest absolute Gasteiger partial charge is 0.372 e. The van der Waals surface area contributed by atoms with Crippen molar-refractivity contribution in [1.29, 1.82) is 0 Å². The second kappa shape index (κ2) is 7.31. The predicted octanol–water partition coefficient (Wildman–Crippen LogP) is 4.50. The summed E-state index contributed by atoms with van der Waals surface area (Å²) in [7, 11) is 2.15. The minimum Gasteiger partial charge on any atom is -0.372 e. The van der Waals surface area contributed by atoms with Gasteiger partial charge in [0.1, 0.15) is 11.1 Å². The third-order valence-electron chi connectivity index (χ3n) is 3.36. The molecule has 2 aromatic heterocycles. The van der Waals surface area contributed by atoms with Crippen LogP contribution >= 0.6 is 22.7 Å². The summed E-state index contributed by atoms with van der Waals surface area (Å²) in [4.78, 5) is 8.41. The Balaban J connectivity index is 1.96. The number of aromatic nitrogens is 1. The van der Waals surface area contributed by atoms with Gasteiger partial charge in [-0.15, -0.1) is 22.7 Å². The SMILES string of the molecule is CCO[C@@H](C)c1nc(CN(C)[C@H](C)c2cccs2)cs1.